The van der Waals surface area contributed by atoms with Crippen LogP contribution in [-0.4, -0.2) is 25.8 Å². The lowest BCUT2D eigenvalue weighted by Crippen LogP contribution is -2.44. The molecule has 2 aliphatic rings. The fourth-order valence-electron chi connectivity index (χ4n) is 3.49. The van der Waals surface area contributed by atoms with Gasteiger partial charge in [0.05, 0.1) is 0 Å². The largest absolute Gasteiger partial charge is 0.381 e. The van der Waals surface area contributed by atoms with Gasteiger partial charge in [-0.25, -0.2) is 0 Å². The zero-order chi connectivity index (χ0) is 12.8. The Hall–Kier alpha value is -0.340. The summed E-state index contributed by atoms with van der Waals surface area (Å²) < 4.78 is 5.61. The lowest BCUT2D eigenvalue weighted by molar-refractivity contribution is 0.0151. The summed E-state index contributed by atoms with van der Waals surface area (Å²) in [6.07, 6.45) is 10.5. The van der Waals surface area contributed by atoms with E-state index in [9.17, 15) is 0 Å². The van der Waals surface area contributed by atoms with E-state index >= 15 is 0 Å². The first-order chi connectivity index (χ1) is 8.83. The monoisotopic (exact) mass is 251 g/mol. The van der Waals surface area contributed by atoms with Crippen molar-refractivity contribution in [2.75, 3.05) is 19.8 Å². The van der Waals surface area contributed by atoms with E-state index in [0.717, 1.165) is 25.7 Å². The molecule has 0 amide bonds. The zero-order valence-corrected chi connectivity index (χ0v) is 12.1. The van der Waals surface area contributed by atoms with Crippen LogP contribution in [0.3, 0.4) is 0 Å². The van der Waals surface area contributed by atoms with Gasteiger partial charge in [-0.05, 0) is 50.5 Å². The van der Waals surface area contributed by atoms with Crippen LogP contribution in [-0.2, 0) is 4.74 Å². The van der Waals surface area contributed by atoms with Gasteiger partial charge >= 0.3 is 0 Å². The Bertz CT molecular complexity index is 274. The maximum atomic E-state index is 5.61. The molecule has 0 saturated carbocycles. The number of ether oxygens (including phenoxy) is 1. The second-order valence-corrected chi connectivity index (χ2v) is 5.92. The fraction of sp³-hybridized carbons (Fsp3) is 0.875. The third-order valence-electron chi connectivity index (χ3n) is 4.53. The van der Waals surface area contributed by atoms with E-state index in [2.05, 4.69) is 25.2 Å². The SMILES string of the molecule is CCNC(C1=CCCCCC1)C1CCOCC1C. The lowest BCUT2D eigenvalue weighted by atomic mass is 9.79. The van der Waals surface area contributed by atoms with Crippen molar-refractivity contribution in [1.82, 2.24) is 5.32 Å². The molecular weight excluding hydrogens is 222 g/mol. The highest BCUT2D eigenvalue weighted by Gasteiger charge is 2.31. The zero-order valence-electron chi connectivity index (χ0n) is 12.1. The van der Waals surface area contributed by atoms with E-state index in [1.807, 2.05) is 0 Å². The summed E-state index contributed by atoms with van der Waals surface area (Å²) in [6, 6.07) is 0.604. The smallest absolute Gasteiger partial charge is 0.0494 e. The molecule has 3 unspecified atom stereocenters. The van der Waals surface area contributed by atoms with Gasteiger partial charge in [-0.15, -0.1) is 0 Å². The number of rotatable bonds is 4. The average molecular weight is 251 g/mol. The van der Waals surface area contributed by atoms with Crippen LogP contribution in [0.2, 0.25) is 0 Å². The number of allylic oxidation sites excluding steroid dienone is 1. The predicted molar refractivity (Wildman–Crippen MR) is 76.7 cm³/mol. The Morgan fingerprint density at radius 2 is 2.28 bits per heavy atom. The van der Waals surface area contributed by atoms with Crippen molar-refractivity contribution in [2.45, 2.75) is 58.4 Å². The molecule has 0 aromatic carbocycles. The first kappa shape index (κ1) is 14.1. The Labute approximate surface area is 112 Å². The molecule has 2 heteroatoms. The van der Waals surface area contributed by atoms with Crippen LogP contribution in [0.25, 0.3) is 0 Å². The Kier molecular flexibility index (Phi) is 5.71. The third kappa shape index (κ3) is 3.58. The number of likely N-dealkylation sites (N-methyl/N-ethyl adjacent to an activating group) is 1. The first-order valence-corrected chi connectivity index (χ1v) is 7.83. The molecule has 2 nitrogen and oxygen atoms in total. The standard InChI is InChI=1S/C16H29NO/c1-3-17-16(14-8-6-4-5-7-9-14)15-10-11-18-12-13(15)2/h8,13,15-17H,3-7,9-12H2,1-2H3. The maximum absolute atomic E-state index is 5.61. The van der Waals surface area contributed by atoms with Crippen molar-refractivity contribution in [3.8, 4) is 0 Å². The van der Waals surface area contributed by atoms with Gasteiger partial charge in [0.15, 0.2) is 0 Å². The summed E-state index contributed by atoms with van der Waals surface area (Å²) in [6.45, 7) is 7.55. The van der Waals surface area contributed by atoms with Gasteiger partial charge in [-0.2, -0.15) is 0 Å². The van der Waals surface area contributed by atoms with E-state index in [4.69, 9.17) is 4.74 Å². The summed E-state index contributed by atoms with van der Waals surface area (Å²) in [5.41, 5.74) is 1.69. The quantitative estimate of drug-likeness (QED) is 0.772. The Balaban J connectivity index is 2.07. The average Bonchev–Trinajstić information content (AvgIpc) is 2.66. The van der Waals surface area contributed by atoms with Gasteiger partial charge in [0.25, 0.3) is 0 Å². The summed E-state index contributed by atoms with van der Waals surface area (Å²) in [7, 11) is 0. The third-order valence-corrected chi connectivity index (χ3v) is 4.53. The molecule has 1 saturated heterocycles. The van der Waals surface area contributed by atoms with E-state index in [1.54, 1.807) is 5.57 Å². The number of nitrogens with one attached hydrogen (secondary N) is 1. The molecule has 1 aliphatic carbocycles. The van der Waals surface area contributed by atoms with Crippen LogP contribution in [0, 0.1) is 11.8 Å². The topological polar surface area (TPSA) is 21.3 Å². The van der Waals surface area contributed by atoms with Crippen LogP contribution >= 0.6 is 0 Å². The van der Waals surface area contributed by atoms with Crippen LogP contribution in [0.4, 0.5) is 0 Å². The number of hydrogen-bond acceptors (Lipinski definition) is 2. The van der Waals surface area contributed by atoms with E-state index in [-0.39, 0.29) is 0 Å². The Morgan fingerprint density at radius 3 is 3.06 bits per heavy atom. The highest BCUT2D eigenvalue weighted by atomic mass is 16.5. The molecule has 18 heavy (non-hydrogen) atoms. The molecule has 2 rings (SSSR count). The molecular formula is C16H29NO. The van der Waals surface area contributed by atoms with Crippen LogP contribution in [0.5, 0.6) is 0 Å². The van der Waals surface area contributed by atoms with Gasteiger partial charge < -0.3 is 10.1 Å². The van der Waals surface area contributed by atoms with Crippen molar-refractivity contribution >= 4 is 0 Å². The summed E-state index contributed by atoms with van der Waals surface area (Å²) in [5.74, 6) is 1.45. The van der Waals surface area contributed by atoms with Gasteiger partial charge in [0.2, 0.25) is 0 Å². The molecule has 1 N–H and O–H groups in total. The summed E-state index contributed by atoms with van der Waals surface area (Å²) in [4.78, 5) is 0. The molecule has 0 aromatic heterocycles. The first-order valence-electron chi connectivity index (χ1n) is 7.83. The van der Waals surface area contributed by atoms with Crippen molar-refractivity contribution in [2.24, 2.45) is 11.8 Å². The lowest BCUT2D eigenvalue weighted by Gasteiger charge is -2.37. The molecule has 0 radical (unpaired) electrons. The molecule has 1 heterocycles. The molecule has 0 bridgehead atoms. The van der Waals surface area contributed by atoms with E-state index in [0.29, 0.717) is 12.0 Å². The molecule has 0 spiro atoms. The van der Waals surface area contributed by atoms with Crippen molar-refractivity contribution in [3.63, 3.8) is 0 Å². The summed E-state index contributed by atoms with van der Waals surface area (Å²) in [5, 5.41) is 3.76. The van der Waals surface area contributed by atoms with Crippen LogP contribution < -0.4 is 5.32 Å². The predicted octanol–water partition coefficient (Wildman–Crippen LogP) is 3.53. The Morgan fingerprint density at radius 1 is 1.39 bits per heavy atom. The van der Waals surface area contributed by atoms with Crippen molar-refractivity contribution in [1.29, 1.82) is 0 Å². The molecule has 104 valence electrons. The second-order valence-electron chi connectivity index (χ2n) is 5.92. The highest BCUT2D eigenvalue weighted by molar-refractivity contribution is 5.14. The molecule has 3 atom stereocenters. The fourth-order valence-corrected chi connectivity index (χ4v) is 3.49. The minimum Gasteiger partial charge on any atom is -0.381 e. The van der Waals surface area contributed by atoms with Crippen LogP contribution in [0.15, 0.2) is 11.6 Å². The minimum absolute atomic E-state index is 0.604. The van der Waals surface area contributed by atoms with Crippen molar-refractivity contribution in [3.05, 3.63) is 11.6 Å². The normalized spacial score (nSPS) is 31.6. The molecule has 0 aromatic rings. The van der Waals surface area contributed by atoms with E-state index < -0.39 is 0 Å². The minimum atomic E-state index is 0.604. The van der Waals surface area contributed by atoms with Gasteiger partial charge in [0, 0.05) is 19.3 Å². The maximum Gasteiger partial charge on any atom is 0.0494 e. The molecule has 1 fully saturated rings. The van der Waals surface area contributed by atoms with Gasteiger partial charge in [-0.1, -0.05) is 31.9 Å². The van der Waals surface area contributed by atoms with Gasteiger partial charge in [-0.3, -0.25) is 0 Å². The number of hydrogen-bond donors (Lipinski definition) is 1. The van der Waals surface area contributed by atoms with Crippen LogP contribution in [0.1, 0.15) is 52.4 Å². The summed E-state index contributed by atoms with van der Waals surface area (Å²) >= 11 is 0. The molecule has 1 aliphatic heterocycles. The van der Waals surface area contributed by atoms with Gasteiger partial charge in [0.1, 0.15) is 0 Å². The van der Waals surface area contributed by atoms with Crippen molar-refractivity contribution < 1.29 is 4.74 Å². The highest BCUT2D eigenvalue weighted by Crippen LogP contribution is 2.31. The second kappa shape index (κ2) is 7.30. The van der Waals surface area contributed by atoms with E-state index in [1.165, 1.54) is 38.5 Å².